The summed E-state index contributed by atoms with van der Waals surface area (Å²) in [6.07, 6.45) is 3.26. The molecule has 0 amide bonds. The summed E-state index contributed by atoms with van der Waals surface area (Å²) in [5, 5.41) is 8.18. The van der Waals surface area contributed by atoms with Crippen molar-refractivity contribution in [2.75, 3.05) is 6.54 Å². The molecule has 5 nitrogen and oxygen atoms in total. The van der Waals surface area contributed by atoms with Gasteiger partial charge in [-0.15, -0.1) is 0 Å². The van der Waals surface area contributed by atoms with Crippen molar-refractivity contribution in [2.45, 2.75) is 39.2 Å². The molecule has 4 rings (SSSR count). The quantitative estimate of drug-likeness (QED) is 0.377. The molecule has 1 aliphatic rings. The second kappa shape index (κ2) is 9.39. The number of rotatable bonds is 7. The minimum absolute atomic E-state index is 0.303. The summed E-state index contributed by atoms with van der Waals surface area (Å²) in [4.78, 5) is 6.74. The lowest BCUT2D eigenvalue weighted by molar-refractivity contribution is 0.395. The second-order valence-corrected chi connectivity index (χ2v) is 7.97. The van der Waals surface area contributed by atoms with Gasteiger partial charge in [0.1, 0.15) is 5.82 Å². The van der Waals surface area contributed by atoms with Gasteiger partial charge in [-0.3, -0.25) is 0 Å². The van der Waals surface area contributed by atoms with E-state index < -0.39 is 0 Å². The molecule has 7 heteroatoms. The Morgan fingerprint density at radius 2 is 1.94 bits per heavy atom. The van der Waals surface area contributed by atoms with E-state index in [9.17, 15) is 4.39 Å². The van der Waals surface area contributed by atoms with Gasteiger partial charge in [0.05, 0.1) is 11.6 Å². The number of thiocarbonyl (C=S) groups is 1. The molecule has 1 aromatic heterocycles. The lowest BCUT2D eigenvalue weighted by Gasteiger charge is -2.37. The number of hydrogen-bond donors (Lipinski definition) is 1. The van der Waals surface area contributed by atoms with Crippen molar-refractivity contribution in [3.05, 3.63) is 77.6 Å². The van der Waals surface area contributed by atoms with E-state index in [0.29, 0.717) is 16.8 Å². The van der Waals surface area contributed by atoms with E-state index in [1.807, 2.05) is 43.3 Å². The predicted octanol–water partition coefficient (Wildman–Crippen LogP) is 5.73. The Balaban J connectivity index is 1.78. The molecule has 3 aromatic rings. The zero-order valence-electron chi connectivity index (χ0n) is 17.6. The maximum Gasteiger partial charge on any atom is 0.258 e. The molecule has 1 aliphatic heterocycles. The Morgan fingerprint density at radius 1 is 1.13 bits per heavy atom. The zero-order chi connectivity index (χ0) is 21.8. The molecule has 0 aliphatic carbocycles. The summed E-state index contributed by atoms with van der Waals surface area (Å²) in [5.41, 5.74) is 3.38. The molecule has 0 fully saturated rings. The van der Waals surface area contributed by atoms with E-state index in [-0.39, 0.29) is 11.9 Å². The van der Waals surface area contributed by atoms with Gasteiger partial charge in [0.15, 0.2) is 5.11 Å². The van der Waals surface area contributed by atoms with Gasteiger partial charge in [-0.1, -0.05) is 67.4 Å². The smallest absolute Gasteiger partial charge is 0.258 e. The van der Waals surface area contributed by atoms with Crippen molar-refractivity contribution in [1.29, 1.82) is 0 Å². The fourth-order valence-electron chi connectivity index (χ4n) is 3.82. The standard InChI is InChI=1S/C24H25FN4OS/c1-3-4-8-14-29-16(2)20(21(26-24(29)31)18-12-9-13-19(25)15-18)23-27-22(28-30-23)17-10-6-5-7-11-17/h5-7,9-13,15,21H,3-4,8,14H2,1-2H3,(H,26,31). The Morgan fingerprint density at radius 3 is 2.68 bits per heavy atom. The van der Waals surface area contributed by atoms with Crippen LogP contribution in [0.3, 0.4) is 0 Å². The number of unbranched alkanes of at least 4 members (excludes halogenated alkanes) is 2. The molecule has 1 atom stereocenters. The zero-order valence-corrected chi connectivity index (χ0v) is 18.5. The molecular weight excluding hydrogens is 411 g/mol. The molecule has 1 unspecified atom stereocenters. The number of nitrogens with one attached hydrogen (secondary N) is 1. The summed E-state index contributed by atoms with van der Waals surface area (Å²) >= 11 is 5.67. The number of aromatic nitrogens is 2. The van der Waals surface area contributed by atoms with Crippen molar-refractivity contribution in [1.82, 2.24) is 20.4 Å². The van der Waals surface area contributed by atoms with Gasteiger partial charge in [0.2, 0.25) is 5.82 Å². The average molecular weight is 437 g/mol. The van der Waals surface area contributed by atoms with Crippen molar-refractivity contribution >= 4 is 22.9 Å². The highest BCUT2D eigenvalue weighted by atomic mass is 32.1. The molecule has 0 bridgehead atoms. The van der Waals surface area contributed by atoms with Crippen LogP contribution in [0.4, 0.5) is 4.39 Å². The SMILES string of the molecule is CCCCCN1C(=S)NC(c2cccc(F)c2)C(c2nc(-c3ccccc3)no2)=C1C. The van der Waals surface area contributed by atoms with Crippen molar-refractivity contribution in [3.63, 3.8) is 0 Å². The summed E-state index contributed by atoms with van der Waals surface area (Å²) in [6.45, 7) is 4.97. The minimum atomic E-state index is -0.380. The van der Waals surface area contributed by atoms with Gasteiger partial charge < -0.3 is 14.7 Å². The Kier molecular flexibility index (Phi) is 6.42. The second-order valence-electron chi connectivity index (χ2n) is 7.58. The number of allylic oxidation sites excluding steroid dienone is 1. The van der Waals surface area contributed by atoms with Crippen LogP contribution in [0, 0.1) is 5.82 Å². The first-order valence-electron chi connectivity index (χ1n) is 10.5. The van der Waals surface area contributed by atoms with Crippen LogP contribution in [0.15, 0.2) is 64.8 Å². The Labute approximate surface area is 187 Å². The Hall–Kier alpha value is -3.06. The molecule has 2 aromatic carbocycles. The summed E-state index contributed by atoms with van der Waals surface area (Å²) in [7, 11) is 0. The third-order valence-corrected chi connectivity index (χ3v) is 5.79. The molecular formula is C24H25FN4OS. The number of halogens is 1. The van der Waals surface area contributed by atoms with Crippen LogP contribution >= 0.6 is 12.2 Å². The van der Waals surface area contributed by atoms with Crippen LogP contribution in [0.1, 0.15) is 50.6 Å². The maximum atomic E-state index is 14.0. The van der Waals surface area contributed by atoms with Gasteiger partial charge in [0.25, 0.3) is 5.89 Å². The molecule has 0 saturated carbocycles. The third-order valence-electron chi connectivity index (χ3n) is 5.45. The Bertz CT molecular complexity index is 1100. The van der Waals surface area contributed by atoms with E-state index in [1.165, 1.54) is 12.1 Å². The van der Waals surface area contributed by atoms with E-state index in [1.54, 1.807) is 6.07 Å². The minimum Gasteiger partial charge on any atom is -0.351 e. The van der Waals surface area contributed by atoms with Gasteiger partial charge in [-0.2, -0.15) is 4.98 Å². The number of nitrogens with zero attached hydrogens (tertiary/aromatic N) is 3. The average Bonchev–Trinajstić information content (AvgIpc) is 3.26. The maximum absolute atomic E-state index is 14.0. The third kappa shape index (κ3) is 4.51. The van der Waals surface area contributed by atoms with E-state index in [2.05, 4.69) is 27.3 Å². The van der Waals surface area contributed by atoms with E-state index in [0.717, 1.165) is 48.2 Å². The molecule has 160 valence electrons. The van der Waals surface area contributed by atoms with Crippen molar-refractivity contribution in [3.8, 4) is 11.4 Å². The van der Waals surface area contributed by atoms with Crippen molar-refractivity contribution < 1.29 is 8.91 Å². The highest BCUT2D eigenvalue weighted by Crippen LogP contribution is 2.37. The lowest BCUT2D eigenvalue weighted by Crippen LogP contribution is -2.46. The molecule has 0 spiro atoms. The van der Waals surface area contributed by atoms with Crippen LogP contribution in [-0.2, 0) is 0 Å². The topological polar surface area (TPSA) is 54.2 Å². The van der Waals surface area contributed by atoms with Gasteiger partial charge in [0, 0.05) is 17.8 Å². The van der Waals surface area contributed by atoms with Crippen LogP contribution in [0.2, 0.25) is 0 Å². The normalized spacial score (nSPS) is 16.5. The summed E-state index contributed by atoms with van der Waals surface area (Å²) in [6, 6.07) is 15.8. The predicted molar refractivity (Wildman–Crippen MR) is 123 cm³/mol. The molecule has 31 heavy (non-hydrogen) atoms. The van der Waals surface area contributed by atoms with Gasteiger partial charge >= 0.3 is 0 Å². The highest BCUT2D eigenvalue weighted by molar-refractivity contribution is 7.80. The first-order valence-corrected chi connectivity index (χ1v) is 10.9. The van der Waals surface area contributed by atoms with E-state index >= 15 is 0 Å². The number of hydrogen-bond acceptors (Lipinski definition) is 4. The summed E-state index contributed by atoms with van der Waals surface area (Å²) in [5.74, 6) is 0.615. The number of benzene rings is 2. The van der Waals surface area contributed by atoms with E-state index in [4.69, 9.17) is 16.7 Å². The van der Waals surface area contributed by atoms with Gasteiger partial charge in [-0.05, 0) is 43.3 Å². The molecule has 0 saturated heterocycles. The largest absolute Gasteiger partial charge is 0.351 e. The fraction of sp³-hybridized carbons (Fsp3) is 0.292. The highest BCUT2D eigenvalue weighted by Gasteiger charge is 2.34. The van der Waals surface area contributed by atoms with Crippen molar-refractivity contribution in [2.24, 2.45) is 0 Å². The first kappa shape index (κ1) is 21.2. The van der Waals surface area contributed by atoms with Gasteiger partial charge in [-0.25, -0.2) is 4.39 Å². The summed E-state index contributed by atoms with van der Waals surface area (Å²) < 4.78 is 19.7. The van der Waals surface area contributed by atoms with Crippen LogP contribution in [0.5, 0.6) is 0 Å². The molecule has 1 N–H and O–H groups in total. The lowest BCUT2D eigenvalue weighted by atomic mass is 9.94. The fourth-order valence-corrected chi connectivity index (χ4v) is 4.17. The monoisotopic (exact) mass is 436 g/mol. The van der Waals surface area contributed by atoms with Crippen LogP contribution in [-0.4, -0.2) is 26.7 Å². The molecule has 0 radical (unpaired) electrons. The van der Waals surface area contributed by atoms with Crippen LogP contribution < -0.4 is 5.32 Å². The van der Waals surface area contributed by atoms with Crippen LogP contribution in [0.25, 0.3) is 17.0 Å². The first-order chi connectivity index (χ1) is 15.1. The molecule has 2 heterocycles.